The Labute approximate surface area is 127 Å². The number of unbranched alkanes of at least 4 members (excludes halogenated alkanes) is 2. The predicted molar refractivity (Wildman–Crippen MR) is 88.1 cm³/mol. The predicted octanol–water partition coefficient (Wildman–Crippen LogP) is 5.87. The van der Waals surface area contributed by atoms with E-state index in [0.29, 0.717) is 0 Å². The number of anilines is 1. The lowest BCUT2D eigenvalue weighted by Crippen LogP contribution is -2.11. The molecule has 2 aromatic rings. The van der Waals surface area contributed by atoms with E-state index in [1.165, 1.54) is 30.9 Å². The van der Waals surface area contributed by atoms with Crippen LogP contribution in [-0.4, -0.2) is 0 Å². The second kappa shape index (κ2) is 7.82. The second-order valence-corrected chi connectivity index (χ2v) is 5.56. The summed E-state index contributed by atoms with van der Waals surface area (Å²) in [7, 11) is 0. The van der Waals surface area contributed by atoms with Crippen LogP contribution < -0.4 is 5.32 Å². The van der Waals surface area contributed by atoms with Crippen molar-refractivity contribution in [2.75, 3.05) is 5.32 Å². The molecule has 0 radical (unpaired) electrons. The Hall–Kier alpha value is -1.83. The highest BCUT2D eigenvalue weighted by Crippen LogP contribution is 2.27. The minimum Gasteiger partial charge on any atom is -0.378 e. The molecule has 0 aliphatic carbocycles. The molecule has 0 aliphatic rings. The van der Waals surface area contributed by atoms with Gasteiger partial charge in [0.15, 0.2) is 0 Å². The summed E-state index contributed by atoms with van der Waals surface area (Å²) in [5, 5.41) is 3.58. The number of rotatable bonds is 7. The van der Waals surface area contributed by atoms with Crippen LogP contribution in [0.2, 0.25) is 0 Å². The lowest BCUT2D eigenvalue weighted by atomic mass is 9.99. The maximum atomic E-state index is 13.2. The molecular weight excluding hydrogens is 261 g/mol. The van der Waals surface area contributed by atoms with Crippen molar-refractivity contribution in [2.45, 2.75) is 45.6 Å². The number of benzene rings is 2. The lowest BCUT2D eigenvalue weighted by Gasteiger charge is -2.22. The molecule has 1 atom stereocenters. The van der Waals surface area contributed by atoms with Gasteiger partial charge >= 0.3 is 0 Å². The van der Waals surface area contributed by atoms with Gasteiger partial charge in [-0.3, -0.25) is 0 Å². The van der Waals surface area contributed by atoms with Gasteiger partial charge in [0.2, 0.25) is 0 Å². The van der Waals surface area contributed by atoms with Crippen LogP contribution in [-0.2, 0) is 0 Å². The third-order valence-corrected chi connectivity index (χ3v) is 3.82. The van der Waals surface area contributed by atoms with Gasteiger partial charge in [0.1, 0.15) is 5.82 Å². The van der Waals surface area contributed by atoms with Crippen molar-refractivity contribution in [1.29, 1.82) is 0 Å². The van der Waals surface area contributed by atoms with Crippen molar-refractivity contribution < 1.29 is 4.39 Å². The SMILES string of the molecule is CCCCCC(Nc1ccc(F)cc1C)c1ccccc1. The molecule has 112 valence electrons. The summed E-state index contributed by atoms with van der Waals surface area (Å²) in [6, 6.07) is 15.7. The molecule has 0 bridgehead atoms. The summed E-state index contributed by atoms with van der Waals surface area (Å²) in [6.45, 7) is 4.16. The largest absolute Gasteiger partial charge is 0.378 e. The van der Waals surface area contributed by atoms with Crippen LogP contribution in [0.1, 0.15) is 49.8 Å². The molecule has 0 saturated heterocycles. The Morgan fingerprint density at radius 2 is 1.81 bits per heavy atom. The fraction of sp³-hybridized carbons (Fsp3) is 0.368. The Bertz CT molecular complexity index is 551. The minimum absolute atomic E-state index is 0.180. The van der Waals surface area contributed by atoms with Gasteiger partial charge in [-0.1, -0.05) is 56.5 Å². The van der Waals surface area contributed by atoms with E-state index in [0.717, 1.165) is 17.7 Å². The van der Waals surface area contributed by atoms with Gasteiger partial charge in [0.05, 0.1) is 6.04 Å². The van der Waals surface area contributed by atoms with Crippen molar-refractivity contribution in [3.63, 3.8) is 0 Å². The van der Waals surface area contributed by atoms with Gasteiger partial charge in [-0.2, -0.15) is 0 Å². The van der Waals surface area contributed by atoms with Crippen molar-refractivity contribution >= 4 is 5.69 Å². The first-order valence-electron chi connectivity index (χ1n) is 7.78. The van der Waals surface area contributed by atoms with Crippen molar-refractivity contribution in [3.8, 4) is 0 Å². The van der Waals surface area contributed by atoms with Gasteiger partial charge in [-0.25, -0.2) is 4.39 Å². The molecule has 0 aromatic heterocycles. The molecule has 0 spiro atoms. The van der Waals surface area contributed by atoms with Crippen LogP contribution in [0.3, 0.4) is 0 Å². The quantitative estimate of drug-likeness (QED) is 0.627. The van der Waals surface area contributed by atoms with Crippen LogP contribution in [0.25, 0.3) is 0 Å². The fourth-order valence-corrected chi connectivity index (χ4v) is 2.58. The number of hydrogen-bond donors (Lipinski definition) is 1. The summed E-state index contributed by atoms with van der Waals surface area (Å²) < 4.78 is 13.2. The van der Waals surface area contributed by atoms with E-state index < -0.39 is 0 Å². The third-order valence-electron chi connectivity index (χ3n) is 3.82. The van der Waals surface area contributed by atoms with E-state index in [9.17, 15) is 4.39 Å². The zero-order chi connectivity index (χ0) is 15.1. The number of nitrogens with one attached hydrogen (secondary N) is 1. The zero-order valence-electron chi connectivity index (χ0n) is 12.9. The normalized spacial score (nSPS) is 12.1. The summed E-state index contributed by atoms with van der Waals surface area (Å²) in [5.74, 6) is -0.180. The highest BCUT2D eigenvalue weighted by molar-refractivity contribution is 5.52. The summed E-state index contributed by atoms with van der Waals surface area (Å²) in [4.78, 5) is 0. The molecule has 0 amide bonds. The molecule has 1 N–H and O–H groups in total. The van der Waals surface area contributed by atoms with Crippen LogP contribution in [0.5, 0.6) is 0 Å². The molecule has 2 heteroatoms. The topological polar surface area (TPSA) is 12.0 Å². The molecule has 1 nitrogen and oxygen atoms in total. The summed E-state index contributed by atoms with van der Waals surface area (Å²) >= 11 is 0. The maximum absolute atomic E-state index is 13.2. The molecule has 2 rings (SSSR count). The van der Waals surface area contributed by atoms with Crippen LogP contribution >= 0.6 is 0 Å². The van der Waals surface area contributed by atoms with E-state index in [1.54, 1.807) is 6.07 Å². The number of aryl methyl sites for hydroxylation is 1. The van der Waals surface area contributed by atoms with Gasteiger partial charge in [0, 0.05) is 5.69 Å². The highest BCUT2D eigenvalue weighted by atomic mass is 19.1. The van der Waals surface area contributed by atoms with E-state index >= 15 is 0 Å². The maximum Gasteiger partial charge on any atom is 0.123 e. The zero-order valence-corrected chi connectivity index (χ0v) is 12.9. The Morgan fingerprint density at radius 3 is 2.48 bits per heavy atom. The molecule has 2 aromatic carbocycles. The van der Waals surface area contributed by atoms with Crippen LogP contribution in [0.4, 0.5) is 10.1 Å². The molecule has 1 unspecified atom stereocenters. The molecular formula is C19H24FN. The molecule has 0 aliphatic heterocycles. The second-order valence-electron chi connectivity index (χ2n) is 5.56. The first kappa shape index (κ1) is 15.6. The molecule has 0 heterocycles. The number of halogens is 1. The van der Waals surface area contributed by atoms with Crippen molar-refractivity contribution in [1.82, 2.24) is 0 Å². The van der Waals surface area contributed by atoms with Crippen molar-refractivity contribution in [3.05, 3.63) is 65.5 Å². The molecule has 0 saturated carbocycles. The van der Waals surface area contributed by atoms with E-state index in [4.69, 9.17) is 0 Å². The average Bonchev–Trinajstić information content (AvgIpc) is 2.49. The summed E-state index contributed by atoms with van der Waals surface area (Å²) in [5.41, 5.74) is 3.26. The first-order valence-corrected chi connectivity index (χ1v) is 7.78. The highest BCUT2D eigenvalue weighted by Gasteiger charge is 2.12. The van der Waals surface area contributed by atoms with Gasteiger partial charge in [-0.15, -0.1) is 0 Å². The molecule has 21 heavy (non-hydrogen) atoms. The Balaban J connectivity index is 2.15. The Morgan fingerprint density at radius 1 is 1.05 bits per heavy atom. The monoisotopic (exact) mass is 285 g/mol. The standard InChI is InChI=1S/C19H24FN/c1-3-4-6-11-19(16-9-7-5-8-10-16)21-18-13-12-17(20)14-15(18)2/h5,7-10,12-14,19,21H,3-4,6,11H2,1-2H3. The minimum atomic E-state index is -0.180. The number of hydrogen-bond acceptors (Lipinski definition) is 1. The first-order chi connectivity index (χ1) is 10.2. The van der Waals surface area contributed by atoms with Crippen LogP contribution in [0, 0.1) is 12.7 Å². The lowest BCUT2D eigenvalue weighted by molar-refractivity contribution is 0.604. The van der Waals surface area contributed by atoms with Gasteiger partial charge in [0.25, 0.3) is 0 Å². The smallest absolute Gasteiger partial charge is 0.123 e. The van der Waals surface area contributed by atoms with E-state index in [2.05, 4.69) is 36.5 Å². The fourth-order valence-electron chi connectivity index (χ4n) is 2.58. The third kappa shape index (κ3) is 4.59. The average molecular weight is 285 g/mol. The molecule has 0 fully saturated rings. The van der Waals surface area contributed by atoms with Crippen molar-refractivity contribution in [2.24, 2.45) is 0 Å². The van der Waals surface area contributed by atoms with Gasteiger partial charge < -0.3 is 5.32 Å². The van der Waals surface area contributed by atoms with Crippen LogP contribution in [0.15, 0.2) is 48.5 Å². The van der Waals surface area contributed by atoms with Gasteiger partial charge in [-0.05, 0) is 42.7 Å². The van der Waals surface area contributed by atoms with E-state index in [1.807, 2.05) is 19.1 Å². The Kier molecular flexibility index (Phi) is 5.79. The summed E-state index contributed by atoms with van der Waals surface area (Å²) in [6.07, 6.45) is 4.75. The van der Waals surface area contributed by atoms with E-state index in [-0.39, 0.29) is 11.9 Å².